The maximum absolute atomic E-state index is 14.3. The van der Waals surface area contributed by atoms with Gasteiger partial charge in [-0.05, 0) is 49.8 Å². The van der Waals surface area contributed by atoms with Crippen LogP contribution in [0.15, 0.2) is 67.3 Å². The first-order chi connectivity index (χ1) is 23.7. The van der Waals surface area contributed by atoms with Crippen LogP contribution in [0, 0.1) is 5.92 Å². The zero-order valence-corrected chi connectivity index (χ0v) is 28.2. The van der Waals surface area contributed by atoms with Gasteiger partial charge >= 0.3 is 5.97 Å². The second-order valence-corrected chi connectivity index (χ2v) is 13.7. The summed E-state index contributed by atoms with van der Waals surface area (Å²) in [6.07, 6.45) is 8.14. The van der Waals surface area contributed by atoms with Crippen LogP contribution in [-0.2, 0) is 25.6 Å². The van der Waals surface area contributed by atoms with Crippen molar-refractivity contribution in [3.05, 3.63) is 72.8 Å². The van der Waals surface area contributed by atoms with Gasteiger partial charge in [0.15, 0.2) is 0 Å². The summed E-state index contributed by atoms with van der Waals surface area (Å²) in [5, 5.41) is 16.6. The molecule has 3 aliphatic rings. The minimum Gasteiger partial charge on any atom is -0.488 e. The van der Waals surface area contributed by atoms with Crippen LogP contribution in [0.25, 0.3) is 22.2 Å². The van der Waals surface area contributed by atoms with Crippen LogP contribution in [0.2, 0.25) is 0 Å². The van der Waals surface area contributed by atoms with Crippen molar-refractivity contribution in [2.45, 2.75) is 101 Å². The predicted molar refractivity (Wildman–Crippen MR) is 187 cm³/mol. The van der Waals surface area contributed by atoms with Crippen molar-refractivity contribution in [2.75, 3.05) is 6.54 Å². The van der Waals surface area contributed by atoms with E-state index in [0.717, 1.165) is 72.7 Å². The Hall–Kier alpha value is -4.73. The molecule has 3 amide bonds. The molecule has 1 unspecified atom stereocenters. The molecule has 10 heteroatoms. The zero-order chi connectivity index (χ0) is 34.5. The first-order valence-electron chi connectivity index (χ1n) is 17.7. The molecule has 6 rings (SSSR count). The monoisotopic (exact) mass is 666 g/mol. The number of ether oxygens (including phenoxy) is 1. The predicted octanol–water partition coefficient (Wildman–Crippen LogP) is 5.58. The molecule has 1 saturated carbocycles. The molecule has 2 aromatic carbocycles. The Bertz CT molecular complexity index is 1730. The van der Waals surface area contributed by atoms with Crippen molar-refractivity contribution >= 4 is 34.6 Å². The van der Waals surface area contributed by atoms with Gasteiger partial charge in [0.1, 0.15) is 29.5 Å². The number of aromatic nitrogens is 1. The number of carbonyl (C=O) groups is 4. The van der Waals surface area contributed by atoms with E-state index in [1.165, 1.54) is 4.90 Å². The van der Waals surface area contributed by atoms with Crippen LogP contribution in [0.3, 0.4) is 0 Å². The molecule has 1 aliphatic carbocycles. The maximum Gasteiger partial charge on any atom is 0.330 e. The Kier molecular flexibility index (Phi) is 10.3. The summed E-state index contributed by atoms with van der Waals surface area (Å²) in [6, 6.07) is 16.2. The standard InChI is InChI=1S/C39H46N4O6/c1-3-5-16-31-37(46)43-24-28(21-33(43)36(45)42-39(38(47)48)23-27(39)4-2)49-34-22-32(26-14-10-8-11-15-26)40-30-19-18-25(20-29(30)34)13-9-6-7-12-17-35(44)41-31/h4,8,10-11,14-15,18-20,22,27-28,31,33H,2-3,5-7,9,12-13,16-17,21,23-24H2,1H3,(H,41,44)(H,42,45)(H,47,48)/t27?,28-,31+,33+,39-/m1/s1. The minimum atomic E-state index is -1.45. The number of pyridine rings is 1. The van der Waals surface area contributed by atoms with E-state index in [1.807, 2.05) is 49.4 Å². The highest BCUT2D eigenvalue weighted by Gasteiger charge is 2.61. The Balaban J connectivity index is 1.38. The molecule has 5 atom stereocenters. The minimum absolute atomic E-state index is 0.102. The Labute approximate surface area is 287 Å². The van der Waals surface area contributed by atoms with Gasteiger partial charge in [-0.25, -0.2) is 9.78 Å². The Morgan fingerprint density at radius 1 is 1.10 bits per heavy atom. The lowest BCUT2D eigenvalue weighted by molar-refractivity contribution is -0.146. The lowest BCUT2D eigenvalue weighted by Crippen LogP contribution is -2.56. The number of nitrogens with zero attached hydrogens (tertiary/aromatic N) is 2. The second kappa shape index (κ2) is 14.8. The summed E-state index contributed by atoms with van der Waals surface area (Å²) in [5.74, 6) is -2.02. The van der Waals surface area contributed by atoms with E-state index in [1.54, 1.807) is 6.08 Å². The molecular formula is C39H46N4O6. The number of hydrogen-bond donors (Lipinski definition) is 3. The molecule has 0 radical (unpaired) electrons. The van der Waals surface area contributed by atoms with Crippen molar-refractivity contribution < 1.29 is 29.0 Å². The van der Waals surface area contributed by atoms with Gasteiger partial charge in [-0.1, -0.05) is 75.1 Å². The maximum atomic E-state index is 14.3. The fourth-order valence-electron chi connectivity index (χ4n) is 7.23. The Morgan fingerprint density at radius 2 is 1.88 bits per heavy atom. The van der Waals surface area contributed by atoms with Crippen LogP contribution in [0.5, 0.6) is 5.75 Å². The third kappa shape index (κ3) is 7.48. The van der Waals surface area contributed by atoms with E-state index in [2.05, 4.69) is 29.3 Å². The molecule has 4 bridgehead atoms. The summed E-state index contributed by atoms with van der Waals surface area (Å²) in [6.45, 7) is 5.86. The topological polar surface area (TPSA) is 138 Å². The smallest absolute Gasteiger partial charge is 0.330 e. The summed E-state index contributed by atoms with van der Waals surface area (Å²) in [7, 11) is 0. The van der Waals surface area contributed by atoms with Gasteiger partial charge in [0, 0.05) is 35.8 Å². The number of unbranched alkanes of at least 4 members (excludes halogenated alkanes) is 1. The van der Waals surface area contributed by atoms with Crippen molar-refractivity contribution in [1.29, 1.82) is 0 Å². The summed E-state index contributed by atoms with van der Waals surface area (Å²) in [4.78, 5) is 60.0. The van der Waals surface area contributed by atoms with Crippen LogP contribution in [0.1, 0.15) is 76.7 Å². The van der Waals surface area contributed by atoms with Crippen molar-refractivity contribution in [3.63, 3.8) is 0 Å². The molecule has 2 fully saturated rings. The summed E-state index contributed by atoms with van der Waals surface area (Å²) in [5.41, 5.74) is 2.17. The summed E-state index contributed by atoms with van der Waals surface area (Å²) >= 11 is 0. The van der Waals surface area contributed by atoms with Crippen molar-refractivity contribution in [2.24, 2.45) is 5.92 Å². The number of nitrogens with one attached hydrogen (secondary N) is 2. The third-order valence-electron chi connectivity index (χ3n) is 10.2. The first-order valence-corrected chi connectivity index (χ1v) is 17.7. The average Bonchev–Trinajstić information content (AvgIpc) is 3.67. The highest BCUT2D eigenvalue weighted by Crippen LogP contribution is 2.45. The number of rotatable bonds is 8. The lowest BCUT2D eigenvalue weighted by atomic mass is 10.0. The number of amides is 3. The molecule has 49 heavy (non-hydrogen) atoms. The second-order valence-electron chi connectivity index (χ2n) is 13.7. The number of hydrogen-bond acceptors (Lipinski definition) is 6. The third-order valence-corrected chi connectivity index (χ3v) is 10.2. The molecule has 3 heterocycles. The average molecular weight is 667 g/mol. The van der Waals surface area contributed by atoms with Gasteiger partial charge in [-0.3, -0.25) is 14.4 Å². The van der Waals surface area contributed by atoms with Crippen LogP contribution >= 0.6 is 0 Å². The molecule has 2 aliphatic heterocycles. The van der Waals surface area contributed by atoms with Gasteiger partial charge < -0.3 is 25.4 Å². The molecule has 3 aromatic rings. The van der Waals surface area contributed by atoms with Crippen molar-refractivity contribution in [1.82, 2.24) is 20.5 Å². The summed E-state index contributed by atoms with van der Waals surface area (Å²) < 4.78 is 6.75. The molecule has 1 saturated heterocycles. The van der Waals surface area contributed by atoms with Gasteiger partial charge in [-0.2, -0.15) is 0 Å². The fourth-order valence-corrected chi connectivity index (χ4v) is 7.23. The molecule has 3 N–H and O–H groups in total. The van der Waals surface area contributed by atoms with Crippen molar-refractivity contribution in [3.8, 4) is 17.0 Å². The number of aliphatic carboxylic acids is 1. The van der Waals surface area contributed by atoms with E-state index in [9.17, 15) is 24.3 Å². The quantitative estimate of drug-likeness (QED) is 0.267. The number of carboxylic acids is 1. The molecule has 1 aromatic heterocycles. The highest BCUT2D eigenvalue weighted by molar-refractivity contribution is 5.96. The zero-order valence-electron chi connectivity index (χ0n) is 28.2. The highest BCUT2D eigenvalue weighted by atomic mass is 16.5. The van der Waals surface area contributed by atoms with E-state index in [4.69, 9.17) is 9.72 Å². The van der Waals surface area contributed by atoms with Gasteiger partial charge in [0.05, 0.1) is 17.8 Å². The van der Waals surface area contributed by atoms with E-state index in [0.29, 0.717) is 18.6 Å². The van der Waals surface area contributed by atoms with Crippen LogP contribution in [-0.4, -0.2) is 69.0 Å². The van der Waals surface area contributed by atoms with E-state index < -0.39 is 41.5 Å². The number of aryl methyl sites for hydroxylation is 1. The van der Waals surface area contributed by atoms with Gasteiger partial charge in [0.25, 0.3) is 0 Å². The Morgan fingerprint density at radius 3 is 2.59 bits per heavy atom. The molecule has 258 valence electrons. The van der Waals surface area contributed by atoms with Gasteiger partial charge in [-0.15, -0.1) is 6.58 Å². The number of carboxylic acid groups (broad SMARTS) is 1. The number of carbonyl (C=O) groups excluding carboxylic acids is 3. The van der Waals surface area contributed by atoms with E-state index in [-0.39, 0.29) is 31.2 Å². The number of benzene rings is 2. The largest absolute Gasteiger partial charge is 0.488 e. The van der Waals surface area contributed by atoms with E-state index >= 15 is 0 Å². The molecular weight excluding hydrogens is 620 g/mol. The fraction of sp³-hybridized carbons (Fsp3) is 0.462. The normalized spacial score (nSPS) is 25.9. The molecule has 0 spiro atoms. The first kappa shape index (κ1) is 34.1. The van der Waals surface area contributed by atoms with Gasteiger partial charge in [0.2, 0.25) is 17.7 Å². The number of fused-ring (bicyclic) bond motifs is 3. The SMILES string of the molecule is C=CC1C[C@]1(NC(=O)[C@@H]1C[C@@H]2CN1C(=O)[C@H](CCCC)NC(=O)CCCCCCc1ccc3nc(-c4ccccc4)cc(c3c1)O2)C(=O)O. The van der Waals surface area contributed by atoms with Crippen LogP contribution < -0.4 is 15.4 Å². The lowest BCUT2D eigenvalue weighted by Gasteiger charge is -2.29. The molecule has 10 nitrogen and oxygen atoms in total. The van der Waals surface area contributed by atoms with Crippen LogP contribution in [0.4, 0.5) is 0 Å².